The standard InChI is InChI=1S/C18H26N2O3/c1-2-10-20(11-12-21)18(22)19-14-16-9-6-13-23-17(16)15-7-4-3-5-8-15/h2-5,7-8,16-17,21H,1,6,9-14H2,(H,19,22). The summed E-state index contributed by atoms with van der Waals surface area (Å²) >= 11 is 0. The van der Waals surface area contributed by atoms with Crippen LogP contribution in [0.2, 0.25) is 0 Å². The van der Waals surface area contributed by atoms with Gasteiger partial charge in [0.2, 0.25) is 0 Å². The lowest BCUT2D eigenvalue weighted by Crippen LogP contribution is -2.44. The highest BCUT2D eigenvalue weighted by molar-refractivity contribution is 5.74. The molecular formula is C18H26N2O3. The predicted molar refractivity (Wildman–Crippen MR) is 90.1 cm³/mol. The minimum absolute atomic E-state index is 0.0240. The number of rotatable bonds is 7. The second kappa shape index (κ2) is 9.33. The van der Waals surface area contributed by atoms with Crippen LogP contribution in [0.3, 0.4) is 0 Å². The molecule has 0 bridgehead atoms. The summed E-state index contributed by atoms with van der Waals surface area (Å²) in [6, 6.07) is 9.98. The Morgan fingerprint density at radius 1 is 1.43 bits per heavy atom. The number of nitrogens with one attached hydrogen (secondary N) is 1. The highest BCUT2D eigenvalue weighted by Crippen LogP contribution is 2.33. The summed E-state index contributed by atoms with van der Waals surface area (Å²) in [6.07, 6.45) is 3.72. The zero-order valence-electron chi connectivity index (χ0n) is 13.5. The summed E-state index contributed by atoms with van der Waals surface area (Å²) in [4.78, 5) is 13.8. The first-order valence-electron chi connectivity index (χ1n) is 8.17. The zero-order valence-corrected chi connectivity index (χ0v) is 13.5. The molecule has 2 atom stereocenters. The summed E-state index contributed by atoms with van der Waals surface area (Å²) in [5.74, 6) is 0.259. The number of aliphatic hydroxyl groups excluding tert-OH is 1. The molecular weight excluding hydrogens is 292 g/mol. The normalized spacial score (nSPS) is 20.7. The van der Waals surface area contributed by atoms with Crippen LogP contribution in [0.5, 0.6) is 0 Å². The Hall–Kier alpha value is -1.85. The third-order valence-corrected chi connectivity index (χ3v) is 4.10. The van der Waals surface area contributed by atoms with E-state index in [1.165, 1.54) is 0 Å². The Morgan fingerprint density at radius 3 is 2.91 bits per heavy atom. The van der Waals surface area contributed by atoms with Crippen LogP contribution >= 0.6 is 0 Å². The molecule has 1 saturated heterocycles. The molecule has 1 aliphatic rings. The number of aliphatic hydroxyl groups is 1. The molecule has 2 rings (SSSR count). The minimum Gasteiger partial charge on any atom is -0.395 e. The van der Waals surface area contributed by atoms with Crippen LogP contribution in [-0.4, -0.2) is 48.9 Å². The molecule has 1 fully saturated rings. The van der Waals surface area contributed by atoms with Crippen molar-refractivity contribution in [2.24, 2.45) is 5.92 Å². The third-order valence-electron chi connectivity index (χ3n) is 4.10. The maximum Gasteiger partial charge on any atom is 0.317 e. The predicted octanol–water partition coefficient (Wildman–Crippen LogP) is 2.34. The molecule has 2 unspecified atom stereocenters. The number of ether oxygens (including phenoxy) is 1. The van der Waals surface area contributed by atoms with Crippen LogP contribution in [0.15, 0.2) is 43.0 Å². The first kappa shape index (κ1) is 17.5. The van der Waals surface area contributed by atoms with Crippen molar-refractivity contribution in [1.82, 2.24) is 10.2 Å². The number of hydrogen-bond donors (Lipinski definition) is 2. The Bertz CT molecular complexity index is 492. The van der Waals surface area contributed by atoms with Gasteiger partial charge in [0, 0.05) is 32.2 Å². The number of carbonyl (C=O) groups excluding carboxylic acids is 1. The van der Waals surface area contributed by atoms with Gasteiger partial charge in [-0.1, -0.05) is 36.4 Å². The van der Waals surface area contributed by atoms with Gasteiger partial charge >= 0.3 is 6.03 Å². The van der Waals surface area contributed by atoms with Crippen molar-refractivity contribution >= 4 is 6.03 Å². The molecule has 0 saturated carbocycles. The molecule has 5 nitrogen and oxygen atoms in total. The maximum absolute atomic E-state index is 12.2. The van der Waals surface area contributed by atoms with Crippen molar-refractivity contribution in [2.45, 2.75) is 18.9 Å². The summed E-state index contributed by atoms with van der Waals surface area (Å²) < 4.78 is 5.94. The average Bonchev–Trinajstić information content (AvgIpc) is 2.60. The molecule has 5 heteroatoms. The molecule has 1 aliphatic heterocycles. The number of carbonyl (C=O) groups is 1. The van der Waals surface area contributed by atoms with Crippen LogP contribution in [0.25, 0.3) is 0 Å². The van der Waals surface area contributed by atoms with E-state index in [-0.39, 0.29) is 24.7 Å². The van der Waals surface area contributed by atoms with Crippen molar-refractivity contribution < 1.29 is 14.6 Å². The van der Waals surface area contributed by atoms with Gasteiger partial charge in [0.25, 0.3) is 0 Å². The van der Waals surface area contributed by atoms with Gasteiger partial charge in [-0.15, -0.1) is 6.58 Å². The van der Waals surface area contributed by atoms with Crippen molar-refractivity contribution in [3.05, 3.63) is 48.6 Å². The number of nitrogens with zero attached hydrogens (tertiary/aromatic N) is 1. The van der Waals surface area contributed by atoms with E-state index < -0.39 is 0 Å². The first-order chi connectivity index (χ1) is 11.3. The Labute approximate surface area is 137 Å². The monoisotopic (exact) mass is 318 g/mol. The highest BCUT2D eigenvalue weighted by atomic mass is 16.5. The van der Waals surface area contributed by atoms with Crippen LogP contribution < -0.4 is 5.32 Å². The van der Waals surface area contributed by atoms with Gasteiger partial charge < -0.3 is 20.1 Å². The molecule has 0 radical (unpaired) electrons. The Balaban J connectivity index is 1.94. The van der Waals surface area contributed by atoms with E-state index in [1.54, 1.807) is 11.0 Å². The average molecular weight is 318 g/mol. The van der Waals surface area contributed by atoms with Crippen molar-refractivity contribution in [3.8, 4) is 0 Å². The van der Waals surface area contributed by atoms with Crippen LogP contribution in [0.4, 0.5) is 4.79 Å². The number of urea groups is 1. The van der Waals surface area contributed by atoms with E-state index in [0.717, 1.165) is 25.0 Å². The number of benzene rings is 1. The summed E-state index contributed by atoms with van der Waals surface area (Å²) in [7, 11) is 0. The SMILES string of the molecule is C=CCN(CCO)C(=O)NCC1CCCOC1c1ccccc1. The summed E-state index contributed by atoms with van der Waals surface area (Å²) in [6.45, 7) is 5.65. The topological polar surface area (TPSA) is 61.8 Å². The molecule has 0 spiro atoms. The van der Waals surface area contributed by atoms with Gasteiger partial charge in [-0.3, -0.25) is 0 Å². The van der Waals surface area contributed by atoms with Gasteiger partial charge in [-0.05, 0) is 18.4 Å². The second-order valence-corrected chi connectivity index (χ2v) is 5.75. The van der Waals surface area contributed by atoms with E-state index in [2.05, 4.69) is 24.0 Å². The summed E-state index contributed by atoms with van der Waals surface area (Å²) in [5, 5.41) is 12.0. The lowest BCUT2D eigenvalue weighted by molar-refractivity contribution is -0.0271. The largest absolute Gasteiger partial charge is 0.395 e. The van der Waals surface area contributed by atoms with Crippen LogP contribution in [-0.2, 0) is 4.74 Å². The van der Waals surface area contributed by atoms with Crippen LogP contribution in [0, 0.1) is 5.92 Å². The van der Waals surface area contributed by atoms with E-state index in [0.29, 0.717) is 19.6 Å². The zero-order chi connectivity index (χ0) is 16.5. The smallest absolute Gasteiger partial charge is 0.317 e. The highest BCUT2D eigenvalue weighted by Gasteiger charge is 2.28. The summed E-state index contributed by atoms with van der Waals surface area (Å²) in [5.41, 5.74) is 1.16. The van der Waals surface area contributed by atoms with E-state index in [9.17, 15) is 4.79 Å². The first-order valence-corrected chi connectivity index (χ1v) is 8.17. The van der Waals surface area contributed by atoms with Gasteiger partial charge in [0.05, 0.1) is 12.7 Å². The van der Waals surface area contributed by atoms with Crippen molar-refractivity contribution in [2.75, 3.05) is 32.8 Å². The fraction of sp³-hybridized carbons (Fsp3) is 0.500. The molecule has 2 amide bonds. The molecule has 126 valence electrons. The minimum atomic E-state index is -0.170. The fourth-order valence-corrected chi connectivity index (χ4v) is 2.95. The van der Waals surface area contributed by atoms with Gasteiger partial charge in [-0.25, -0.2) is 4.79 Å². The van der Waals surface area contributed by atoms with E-state index >= 15 is 0 Å². The molecule has 1 aromatic carbocycles. The lowest BCUT2D eigenvalue weighted by Gasteiger charge is -2.33. The van der Waals surface area contributed by atoms with Crippen molar-refractivity contribution in [3.63, 3.8) is 0 Å². The molecule has 0 aromatic heterocycles. The maximum atomic E-state index is 12.2. The molecule has 23 heavy (non-hydrogen) atoms. The number of hydrogen-bond acceptors (Lipinski definition) is 3. The van der Waals surface area contributed by atoms with E-state index in [4.69, 9.17) is 9.84 Å². The van der Waals surface area contributed by atoms with Gasteiger partial charge in [0.15, 0.2) is 0 Å². The lowest BCUT2D eigenvalue weighted by atomic mass is 9.89. The Morgan fingerprint density at radius 2 is 2.22 bits per heavy atom. The second-order valence-electron chi connectivity index (χ2n) is 5.75. The molecule has 1 aromatic rings. The van der Waals surface area contributed by atoms with Crippen molar-refractivity contribution in [1.29, 1.82) is 0 Å². The quantitative estimate of drug-likeness (QED) is 0.759. The number of amides is 2. The molecule has 1 heterocycles. The van der Waals surface area contributed by atoms with Gasteiger partial charge in [0.1, 0.15) is 0 Å². The molecule has 0 aliphatic carbocycles. The molecule has 2 N–H and O–H groups in total. The van der Waals surface area contributed by atoms with E-state index in [1.807, 2.05) is 18.2 Å². The van der Waals surface area contributed by atoms with Gasteiger partial charge in [-0.2, -0.15) is 0 Å². The Kier molecular flexibility index (Phi) is 7.10. The van der Waals surface area contributed by atoms with Crippen LogP contribution in [0.1, 0.15) is 24.5 Å². The fourth-order valence-electron chi connectivity index (χ4n) is 2.95. The third kappa shape index (κ3) is 5.08.